The monoisotopic (exact) mass is 470 g/mol. The average molecular weight is 471 g/mol. The third-order valence-electron chi connectivity index (χ3n) is 4.61. The highest BCUT2D eigenvalue weighted by Crippen LogP contribution is 2.24. The maximum atomic E-state index is 13.1. The molecule has 0 saturated carbocycles. The summed E-state index contributed by atoms with van der Waals surface area (Å²) >= 11 is 4.75. The van der Waals surface area contributed by atoms with E-state index in [1.807, 2.05) is 12.1 Å². The molecule has 0 unspecified atom stereocenters. The van der Waals surface area contributed by atoms with Crippen LogP contribution in [0.3, 0.4) is 0 Å². The van der Waals surface area contributed by atoms with Gasteiger partial charge in [0.15, 0.2) is 5.16 Å². The fourth-order valence-corrected chi connectivity index (χ4v) is 5.73. The molecule has 146 valence electrons. The van der Waals surface area contributed by atoms with Gasteiger partial charge in [-0.15, -0.1) is 0 Å². The highest BCUT2D eigenvalue weighted by atomic mass is 79.9. The second-order valence-corrected chi connectivity index (χ2v) is 11.1. The quantitative estimate of drug-likeness (QED) is 0.344. The molecule has 0 bridgehead atoms. The van der Waals surface area contributed by atoms with Crippen LogP contribution in [0.5, 0.6) is 0 Å². The number of aromatic nitrogens is 2. The maximum Gasteiger partial charge on any atom is 0.262 e. The summed E-state index contributed by atoms with van der Waals surface area (Å²) in [7, 11) is -3.05. The molecule has 1 heterocycles. The van der Waals surface area contributed by atoms with Crippen molar-refractivity contribution in [2.45, 2.75) is 43.8 Å². The lowest BCUT2D eigenvalue weighted by Crippen LogP contribution is -2.24. The fraction of sp³-hybridized carbons (Fsp3) is 0.474. The summed E-state index contributed by atoms with van der Waals surface area (Å²) in [5.74, 6) is 0.451. The molecule has 8 heteroatoms. The molecule has 1 aromatic heterocycles. The molecule has 0 atom stereocenters. The SMILES string of the molecule is CS(=O)(=O)CCSc1nc2ccc(Br)cc2c(=O)n1CCC1=CCCCC1. The van der Waals surface area contributed by atoms with Crippen LogP contribution in [0.25, 0.3) is 10.9 Å². The van der Waals surface area contributed by atoms with E-state index < -0.39 is 9.84 Å². The number of hydrogen-bond donors (Lipinski definition) is 0. The number of rotatable bonds is 7. The Morgan fingerprint density at radius 3 is 2.81 bits per heavy atom. The molecular weight excluding hydrogens is 448 g/mol. The second-order valence-electron chi connectivity index (χ2n) is 6.85. The first-order valence-electron chi connectivity index (χ1n) is 9.02. The van der Waals surface area contributed by atoms with Crippen molar-refractivity contribution in [3.05, 3.63) is 44.7 Å². The molecule has 27 heavy (non-hydrogen) atoms. The van der Waals surface area contributed by atoms with Gasteiger partial charge in [-0.3, -0.25) is 9.36 Å². The van der Waals surface area contributed by atoms with Crippen molar-refractivity contribution in [2.75, 3.05) is 17.8 Å². The summed E-state index contributed by atoms with van der Waals surface area (Å²) in [6.07, 6.45) is 9.00. The van der Waals surface area contributed by atoms with Crippen LogP contribution in [0, 0.1) is 0 Å². The van der Waals surface area contributed by atoms with E-state index in [9.17, 15) is 13.2 Å². The third-order valence-corrected chi connectivity index (χ3v) is 7.28. The number of fused-ring (bicyclic) bond motifs is 1. The van der Waals surface area contributed by atoms with Gasteiger partial charge in [0.25, 0.3) is 5.56 Å². The topological polar surface area (TPSA) is 69.0 Å². The minimum atomic E-state index is -3.05. The van der Waals surface area contributed by atoms with Crippen molar-refractivity contribution in [1.29, 1.82) is 0 Å². The molecule has 0 N–H and O–H groups in total. The summed E-state index contributed by atoms with van der Waals surface area (Å²) in [5.41, 5.74) is 1.97. The minimum Gasteiger partial charge on any atom is -0.287 e. The molecule has 0 saturated heterocycles. The Morgan fingerprint density at radius 2 is 2.11 bits per heavy atom. The lowest BCUT2D eigenvalue weighted by molar-refractivity contribution is 0.569. The van der Waals surface area contributed by atoms with Gasteiger partial charge in [0.05, 0.1) is 16.7 Å². The number of benzene rings is 1. The number of thioether (sulfide) groups is 1. The molecule has 2 aromatic rings. The highest BCUT2D eigenvalue weighted by Gasteiger charge is 2.14. The lowest BCUT2D eigenvalue weighted by Gasteiger charge is -2.16. The van der Waals surface area contributed by atoms with Crippen molar-refractivity contribution in [3.63, 3.8) is 0 Å². The minimum absolute atomic E-state index is 0.0665. The Balaban J connectivity index is 1.93. The van der Waals surface area contributed by atoms with Crippen molar-refractivity contribution in [1.82, 2.24) is 9.55 Å². The molecular formula is C19H23BrN2O3S2. The Bertz CT molecular complexity index is 1030. The van der Waals surface area contributed by atoms with Gasteiger partial charge in [-0.05, 0) is 50.3 Å². The van der Waals surface area contributed by atoms with Crippen LogP contribution in [0.15, 0.2) is 44.3 Å². The zero-order valence-corrected chi connectivity index (χ0v) is 18.5. The van der Waals surface area contributed by atoms with Gasteiger partial charge in [0.1, 0.15) is 9.84 Å². The first-order valence-corrected chi connectivity index (χ1v) is 12.9. The van der Waals surface area contributed by atoms with E-state index in [0.717, 1.165) is 23.7 Å². The summed E-state index contributed by atoms with van der Waals surface area (Å²) < 4.78 is 25.4. The molecule has 0 amide bonds. The number of nitrogens with zero attached hydrogens (tertiary/aromatic N) is 2. The molecule has 5 nitrogen and oxygen atoms in total. The number of hydrogen-bond acceptors (Lipinski definition) is 5. The smallest absolute Gasteiger partial charge is 0.262 e. The van der Waals surface area contributed by atoms with E-state index in [4.69, 9.17) is 0 Å². The van der Waals surface area contributed by atoms with Crippen molar-refractivity contribution >= 4 is 48.4 Å². The second kappa shape index (κ2) is 8.92. The number of allylic oxidation sites excluding steroid dienone is 2. The average Bonchev–Trinajstić information content (AvgIpc) is 2.62. The maximum absolute atomic E-state index is 13.1. The van der Waals surface area contributed by atoms with E-state index in [2.05, 4.69) is 27.0 Å². The number of sulfone groups is 1. The highest BCUT2D eigenvalue weighted by molar-refractivity contribution is 9.10. The summed E-state index contributed by atoms with van der Waals surface area (Å²) in [6, 6.07) is 5.47. The zero-order chi connectivity index (χ0) is 19.4. The first-order chi connectivity index (χ1) is 12.8. The Labute approximate surface area is 172 Å². The van der Waals surface area contributed by atoms with E-state index in [1.165, 1.54) is 36.4 Å². The summed E-state index contributed by atoms with van der Waals surface area (Å²) in [4.78, 5) is 17.7. The fourth-order valence-electron chi connectivity index (χ4n) is 3.15. The number of halogens is 1. The normalized spacial score (nSPS) is 15.1. The van der Waals surface area contributed by atoms with Crippen LogP contribution in [0.1, 0.15) is 32.1 Å². The van der Waals surface area contributed by atoms with Crippen LogP contribution < -0.4 is 5.56 Å². The predicted molar refractivity (Wildman–Crippen MR) is 115 cm³/mol. The molecule has 0 aliphatic heterocycles. The summed E-state index contributed by atoms with van der Waals surface area (Å²) in [5, 5.41) is 1.17. The molecule has 1 aromatic carbocycles. The van der Waals surface area contributed by atoms with Gasteiger partial charge < -0.3 is 0 Å². The summed E-state index contributed by atoms with van der Waals surface area (Å²) in [6.45, 7) is 0.571. The van der Waals surface area contributed by atoms with Crippen molar-refractivity contribution in [2.24, 2.45) is 0 Å². The van der Waals surface area contributed by atoms with Crippen molar-refractivity contribution < 1.29 is 8.42 Å². The van der Waals surface area contributed by atoms with Crippen LogP contribution >= 0.6 is 27.7 Å². The molecule has 3 rings (SSSR count). The zero-order valence-electron chi connectivity index (χ0n) is 15.3. The van der Waals surface area contributed by atoms with Crippen LogP contribution in [-0.4, -0.2) is 35.7 Å². The molecule has 1 aliphatic carbocycles. The first kappa shape index (κ1) is 20.6. The molecule has 0 spiro atoms. The van der Waals surface area contributed by atoms with Crippen molar-refractivity contribution in [3.8, 4) is 0 Å². The molecule has 0 fully saturated rings. The van der Waals surface area contributed by atoms with Crippen LogP contribution in [-0.2, 0) is 16.4 Å². The van der Waals surface area contributed by atoms with E-state index >= 15 is 0 Å². The van der Waals surface area contributed by atoms with Gasteiger partial charge in [-0.1, -0.05) is 39.3 Å². The van der Waals surface area contributed by atoms with E-state index in [1.54, 1.807) is 10.6 Å². The van der Waals surface area contributed by atoms with Crippen LogP contribution in [0.4, 0.5) is 0 Å². The van der Waals surface area contributed by atoms with Gasteiger partial charge in [-0.2, -0.15) is 0 Å². The third kappa shape index (κ3) is 5.68. The Kier molecular flexibility index (Phi) is 6.81. The van der Waals surface area contributed by atoms with Gasteiger partial charge in [0.2, 0.25) is 0 Å². The lowest BCUT2D eigenvalue weighted by atomic mass is 9.97. The largest absolute Gasteiger partial charge is 0.287 e. The van der Waals surface area contributed by atoms with E-state index in [0.29, 0.717) is 28.4 Å². The van der Waals surface area contributed by atoms with Gasteiger partial charge in [0, 0.05) is 23.0 Å². The van der Waals surface area contributed by atoms with Crippen LogP contribution in [0.2, 0.25) is 0 Å². The molecule has 1 aliphatic rings. The molecule has 0 radical (unpaired) electrons. The predicted octanol–water partition coefficient (Wildman–Crippen LogP) is 4.19. The van der Waals surface area contributed by atoms with Gasteiger partial charge in [-0.25, -0.2) is 13.4 Å². The Morgan fingerprint density at radius 1 is 1.30 bits per heavy atom. The Hall–Kier alpha value is -1.12. The van der Waals surface area contributed by atoms with E-state index in [-0.39, 0.29) is 11.3 Å². The van der Waals surface area contributed by atoms with Gasteiger partial charge >= 0.3 is 0 Å². The standard InChI is InChI=1S/C19H23BrN2O3S2/c1-27(24,25)12-11-26-19-21-17-8-7-15(20)13-16(17)18(23)22(19)10-9-14-5-3-2-4-6-14/h5,7-8,13H,2-4,6,9-12H2,1H3.